The average molecular weight is 602 g/mol. The maximum absolute atomic E-state index is 15.4. The summed E-state index contributed by atoms with van der Waals surface area (Å²) in [4.78, 5) is 19.7. The van der Waals surface area contributed by atoms with Crippen LogP contribution in [-0.2, 0) is 16.3 Å². The van der Waals surface area contributed by atoms with Gasteiger partial charge in [-0.15, -0.1) is 0 Å². The Balaban J connectivity index is 1.22. The molecule has 4 aromatic rings. The monoisotopic (exact) mass is 601 g/mol. The first-order valence-electron chi connectivity index (χ1n) is 14.8. The highest BCUT2D eigenvalue weighted by Gasteiger charge is 2.31. The summed E-state index contributed by atoms with van der Waals surface area (Å²) in [6.45, 7) is 5.49. The molecule has 43 heavy (non-hydrogen) atoms. The molecule has 8 nitrogen and oxygen atoms in total. The molecule has 0 radical (unpaired) electrons. The number of nitrogens with one attached hydrogen (secondary N) is 1. The molecular formula is C33H36FN5O3S. The van der Waals surface area contributed by atoms with Crippen molar-refractivity contribution in [2.24, 2.45) is 0 Å². The van der Waals surface area contributed by atoms with Crippen molar-refractivity contribution >= 4 is 32.7 Å². The molecular weight excluding hydrogens is 565 g/mol. The number of benzene rings is 2. The highest BCUT2D eigenvalue weighted by molar-refractivity contribution is 7.91. The van der Waals surface area contributed by atoms with Gasteiger partial charge in [-0.25, -0.2) is 22.3 Å². The Hall–Kier alpha value is -4.05. The molecule has 1 atom stereocenters. The molecule has 224 valence electrons. The molecule has 2 fully saturated rings. The Bertz CT molecular complexity index is 1840. The van der Waals surface area contributed by atoms with E-state index in [4.69, 9.17) is 5.10 Å². The third-order valence-corrected chi connectivity index (χ3v) is 10.2. The van der Waals surface area contributed by atoms with E-state index in [1.165, 1.54) is 29.0 Å². The minimum absolute atomic E-state index is 0.249. The average Bonchev–Trinajstić information content (AvgIpc) is 3.53. The number of carbonyl (C=O) groups is 1. The summed E-state index contributed by atoms with van der Waals surface area (Å²) >= 11 is 0. The first kappa shape index (κ1) is 29.0. The van der Waals surface area contributed by atoms with Gasteiger partial charge in [0.2, 0.25) is 0 Å². The Kier molecular flexibility index (Phi) is 7.81. The van der Waals surface area contributed by atoms with Crippen LogP contribution < -0.4 is 10.2 Å². The van der Waals surface area contributed by atoms with E-state index in [9.17, 15) is 13.2 Å². The van der Waals surface area contributed by atoms with Crippen molar-refractivity contribution in [1.82, 2.24) is 19.9 Å². The molecule has 2 aromatic carbocycles. The number of nitrogens with zero attached hydrogens (tertiary/aromatic N) is 4. The van der Waals surface area contributed by atoms with Gasteiger partial charge >= 0.3 is 0 Å². The van der Waals surface area contributed by atoms with Gasteiger partial charge in [0.1, 0.15) is 11.5 Å². The molecule has 2 aromatic heterocycles. The van der Waals surface area contributed by atoms with E-state index in [1.54, 1.807) is 28.8 Å². The number of anilines is 1. The van der Waals surface area contributed by atoms with Crippen molar-refractivity contribution in [3.05, 3.63) is 89.0 Å². The van der Waals surface area contributed by atoms with Crippen molar-refractivity contribution in [2.45, 2.75) is 50.7 Å². The minimum Gasteiger partial charge on any atom is -0.370 e. The van der Waals surface area contributed by atoms with Crippen molar-refractivity contribution in [2.75, 3.05) is 30.8 Å². The van der Waals surface area contributed by atoms with Crippen molar-refractivity contribution in [1.29, 1.82) is 0 Å². The first-order valence-corrected chi connectivity index (χ1v) is 16.7. The van der Waals surface area contributed by atoms with Crippen LogP contribution in [0.5, 0.6) is 0 Å². The largest absolute Gasteiger partial charge is 0.370 e. The number of allylic oxidation sites excluding steroid dienone is 2. The van der Waals surface area contributed by atoms with Gasteiger partial charge in [-0.2, -0.15) is 5.10 Å². The molecule has 0 bridgehead atoms. The molecule has 1 N–H and O–H groups in total. The third-order valence-electron chi connectivity index (χ3n) is 8.58. The molecule has 0 unspecified atom stereocenters. The lowest BCUT2D eigenvalue weighted by atomic mass is 9.98. The summed E-state index contributed by atoms with van der Waals surface area (Å²) in [5.41, 5.74) is 6.68. The van der Waals surface area contributed by atoms with Gasteiger partial charge in [0.25, 0.3) is 5.91 Å². The fourth-order valence-corrected chi connectivity index (χ4v) is 6.80. The maximum atomic E-state index is 15.4. The summed E-state index contributed by atoms with van der Waals surface area (Å²) in [5, 5.41) is 7.28. The van der Waals surface area contributed by atoms with Crippen molar-refractivity contribution in [3.8, 4) is 11.3 Å². The highest BCUT2D eigenvalue weighted by Crippen LogP contribution is 2.40. The highest BCUT2D eigenvalue weighted by atomic mass is 32.2. The number of fused-ring (bicyclic) bond motifs is 1. The number of carbonyl (C=O) groups excluding carboxylic acids is 1. The van der Waals surface area contributed by atoms with Crippen LogP contribution in [0.1, 0.15) is 66.3 Å². The molecule has 3 heterocycles. The summed E-state index contributed by atoms with van der Waals surface area (Å²) < 4.78 is 41.1. The lowest BCUT2D eigenvalue weighted by Gasteiger charge is -2.19. The van der Waals surface area contributed by atoms with Gasteiger partial charge < -0.3 is 10.2 Å². The molecule has 0 spiro atoms. The Morgan fingerprint density at radius 2 is 1.91 bits per heavy atom. The van der Waals surface area contributed by atoms with Crippen molar-refractivity contribution < 1.29 is 17.6 Å². The van der Waals surface area contributed by atoms with Crippen LogP contribution in [0.3, 0.4) is 0 Å². The van der Waals surface area contributed by atoms with Crippen LogP contribution in [0.25, 0.3) is 22.5 Å². The fraction of sp³-hybridized carbons (Fsp3) is 0.364. The molecule has 1 aliphatic heterocycles. The van der Waals surface area contributed by atoms with E-state index < -0.39 is 20.9 Å². The Morgan fingerprint density at radius 1 is 1.12 bits per heavy atom. The summed E-state index contributed by atoms with van der Waals surface area (Å²) in [7, 11) is -3.15. The van der Waals surface area contributed by atoms with Gasteiger partial charge in [-0.3, -0.25) is 4.79 Å². The fourth-order valence-electron chi connectivity index (χ4n) is 5.82. The number of hydrogen-bond donors (Lipinski definition) is 1. The van der Waals surface area contributed by atoms with E-state index >= 15 is 4.39 Å². The Labute approximate surface area is 251 Å². The predicted molar refractivity (Wildman–Crippen MR) is 168 cm³/mol. The molecule has 1 saturated carbocycles. The lowest BCUT2D eigenvalue weighted by molar-refractivity contribution is 0.0949. The second kappa shape index (κ2) is 11.6. The topological polar surface area (TPSA) is 96.7 Å². The van der Waals surface area contributed by atoms with Crippen molar-refractivity contribution in [3.63, 3.8) is 0 Å². The number of halogens is 1. The number of sulfone groups is 1. The van der Waals surface area contributed by atoms with Gasteiger partial charge in [0.15, 0.2) is 15.5 Å². The van der Waals surface area contributed by atoms with Crippen LogP contribution in [-0.4, -0.2) is 60.1 Å². The van der Waals surface area contributed by atoms with Crippen LogP contribution in [0.2, 0.25) is 0 Å². The van der Waals surface area contributed by atoms with Crippen LogP contribution in [0.4, 0.5) is 10.1 Å². The summed E-state index contributed by atoms with van der Waals surface area (Å²) in [6.07, 6.45) is 6.57. The number of rotatable bonds is 9. The van der Waals surface area contributed by atoms with E-state index in [0.29, 0.717) is 60.8 Å². The van der Waals surface area contributed by atoms with Crippen LogP contribution >= 0.6 is 0 Å². The molecule has 10 heteroatoms. The van der Waals surface area contributed by atoms with Crippen LogP contribution in [0.15, 0.2) is 60.7 Å². The van der Waals surface area contributed by atoms with Gasteiger partial charge in [0, 0.05) is 54.8 Å². The van der Waals surface area contributed by atoms with Crippen LogP contribution in [0, 0.1) is 5.82 Å². The van der Waals surface area contributed by atoms with Gasteiger partial charge in [-0.05, 0) is 80.5 Å². The summed E-state index contributed by atoms with van der Waals surface area (Å²) in [6, 6.07) is 16.6. The maximum Gasteiger partial charge on any atom is 0.270 e. The second-order valence-corrected chi connectivity index (χ2v) is 14.0. The predicted octanol–water partition coefficient (Wildman–Crippen LogP) is 5.43. The minimum atomic E-state index is -3.15. The zero-order valence-electron chi connectivity index (χ0n) is 24.7. The van der Waals surface area contributed by atoms with Gasteiger partial charge in [0.05, 0.1) is 10.9 Å². The summed E-state index contributed by atoms with van der Waals surface area (Å²) in [5.74, 6) is -0.408. The smallest absolute Gasteiger partial charge is 0.270 e. The molecule has 1 aliphatic carbocycles. The lowest BCUT2D eigenvalue weighted by Crippen LogP contribution is -2.27. The first-order chi connectivity index (χ1) is 20.6. The molecule has 2 aliphatic rings. The van der Waals surface area contributed by atoms with Gasteiger partial charge in [-0.1, -0.05) is 30.3 Å². The van der Waals surface area contributed by atoms with E-state index in [2.05, 4.69) is 35.4 Å². The number of amides is 1. The molecule has 1 amide bonds. The van der Waals surface area contributed by atoms with E-state index in [-0.39, 0.29) is 11.8 Å². The third kappa shape index (κ3) is 6.06. The standard InChI is InChI=1S/C33H36FN5O3S/c1-4-21(2)26-8-6-5-7-22(26)13-15-35-33(40)30-18-31(23-9-10-23)39-32(36-30)19-29(37-39)27-12-11-24(17-28(27)34)38-16-14-25(20-38)43(3,41)42/h4-8,11-12,17-19,23,25H,9-10,13-16,20H2,1-3H3,(H,35,40)/b21-4-/t25-/m1/s1. The quantitative estimate of drug-likeness (QED) is 0.275. The Morgan fingerprint density at radius 3 is 2.60 bits per heavy atom. The zero-order valence-corrected chi connectivity index (χ0v) is 25.5. The molecule has 1 saturated heterocycles. The second-order valence-electron chi connectivity index (χ2n) is 11.6. The SMILES string of the molecule is C/C=C(/C)c1ccccc1CCNC(=O)c1cc(C2CC2)n2nc(-c3ccc(N4CC[C@@H](S(C)(=O)=O)C4)cc3F)cc2n1. The van der Waals surface area contributed by atoms with E-state index in [1.807, 2.05) is 24.0 Å². The van der Waals surface area contributed by atoms with E-state index in [0.717, 1.165) is 18.5 Å². The number of hydrogen-bond acceptors (Lipinski definition) is 6. The number of aromatic nitrogens is 3. The normalized spacial score (nSPS) is 17.5. The zero-order chi connectivity index (χ0) is 30.3. The molecule has 6 rings (SSSR count).